The summed E-state index contributed by atoms with van der Waals surface area (Å²) in [6.07, 6.45) is -4.91. The predicted octanol–water partition coefficient (Wildman–Crippen LogP) is 0.753. The van der Waals surface area contributed by atoms with Gasteiger partial charge in [-0.2, -0.15) is 0 Å². The Labute approximate surface area is 71.9 Å². The second-order valence-corrected chi connectivity index (χ2v) is 4.15. The number of hydrogen-bond acceptors (Lipinski definition) is 2. The van der Waals surface area contributed by atoms with Crippen LogP contribution in [0, 0.1) is 0 Å². The first-order valence-corrected chi connectivity index (χ1v) is 5.41. The highest BCUT2D eigenvalue weighted by molar-refractivity contribution is 6.36. The fraction of sp³-hybridized carbons (Fsp3) is 1.00. The smallest absolute Gasteiger partial charge is 0.269 e. The zero-order valence-electron chi connectivity index (χ0n) is 7.10. The predicted molar refractivity (Wildman–Crippen MR) is 42.1 cm³/mol. The minimum atomic E-state index is -2.88. The molecule has 0 heterocycles. The van der Waals surface area contributed by atoms with E-state index in [9.17, 15) is 13.2 Å². The SMILES string of the molecule is COC(OC)[SiH2]CC(F)C(F)F. The molecule has 0 aromatic carbocycles. The lowest BCUT2D eigenvalue weighted by molar-refractivity contribution is -0.0452. The van der Waals surface area contributed by atoms with E-state index in [1.54, 1.807) is 0 Å². The van der Waals surface area contributed by atoms with Crippen molar-refractivity contribution < 1.29 is 22.6 Å². The number of rotatable bonds is 6. The maximum Gasteiger partial charge on any atom is 0.269 e. The lowest BCUT2D eigenvalue weighted by Crippen LogP contribution is -2.25. The molecule has 0 saturated heterocycles. The summed E-state index contributed by atoms with van der Waals surface area (Å²) in [7, 11) is 1.76. The largest absolute Gasteiger partial charge is 0.360 e. The molecule has 2 nitrogen and oxygen atoms in total. The summed E-state index contributed by atoms with van der Waals surface area (Å²) in [6.45, 7) is 0. The van der Waals surface area contributed by atoms with Gasteiger partial charge >= 0.3 is 0 Å². The molecule has 0 aliphatic carbocycles. The van der Waals surface area contributed by atoms with E-state index in [0.29, 0.717) is 0 Å². The molecule has 1 atom stereocenters. The quantitative estimate of drug-likeness (QED) is 0.467. The van der Waals surface area contributed by atoms with Crippen LogP contribution in [0.3, 0.4) is 0 Å². The van der Waals surface area contributed by atoms with Crippen LogP contribution in [0.5, 0.6) is 0 Å². The van der Waals surface area contributed by atoms with Crippen LogP contribution in [-0.2, 0) is 9.47 Å². The van der Waals surface area contributed by atoms with Crippen molar-refractivity contribution in [2.45, 2.75) is 24.6 Å². The van der Waals surface area contributed by atoms with Gasteiger partial charge in [-0.25, -0.2) is 13.2 Å². The maximum atomic E-state index is 12.3. The van der Waals surface area contributed by atoms with E-state index in [0.717, 1.165) is 0 Å². The topological polar surface area (TPSA) is 18.5 Å². The Balaban J connectivity index is 3.51. The van der Waals surface area contributed by atoms with Gasteiger partial charge in [0.15, 0.2) is 6.17 Å². The first-order chi connectivity index (χ1) is 5.61. The van der Waals surface area contributed by atoms with Crippen LogP contribution in [0.25, 0.3) is 0 Å². The number of hydrogen-bond donors (Lipinski definition) is 0. The molecule has 0 amide bonds. The molecule has 0 aromatic rings. The average Bonchev–Trinajstić information content (AvgIpc) is 2.05. The highest BCUT2D eigenvalue weighted by atomic mass is 28.2. The van der Waals surface area contributed by atoms with Crippen molar-refractivity contribution in [1.82, 2.24) is 0 Å². The Hall–Kier alpha value is -0.0731. The zero-order chi connectivity index (χ0) is 9.56. The molecule has 0 aromatic heterocycles. The van der Waals surface area contributed by atoms with Gasteiger partial charge in [0.1, 0.15) is 5.91 Å². The molecule has 0 spiro atoms. The van der Waals surface area contributed by atoms with Gasteiger partial charge in [0.05, 0.1) is 9.52 Å². The van der Waals surface area contributed by atoms with Crippen molar-refractivity contribution in [1.29, 1.82) is 0 Å². The van der Waals surface area contributed by atoms with Crippen molar-refractivity contribution in [2.75, 3.05) is 14.2 Å². The van der Waals surface area contributed by atoms with E-state index in [4.69, 9.17) is 9.47 Å². The van der Waals surface area contributed by atoms with Gasteiger partial charge in [-0.05, 0) is 6.04 Å². The van der Waals surface area contributed by atoms with Crippen LogP contribution in [0.4, 0.5) is 13.2 Å². The van der Waals surface area contributed by atoms with E-state index in [-0.39, 0.29) is 6.04 Å². The van der Waals surface area contributed by atoms with Crippen LogP contribution in [0.15, 0.2) is 0 Å². The number of ether oxygens (including phenoxy) is 2. The van der Waals surface area contributed by atoms with Gasteiger partial charge in [0.25, 0.3) is 6.43 Å². The third-order valence-electron chi connectivity index (χ3n) is 1.48. The van der Waals surface area contributed by atoms with E-state index < -0.39 is 28.0 Å². The third-order valence-corrected chi connectivity index (χ3v) is 3.50. The number of alkyl halides is 3. The van der Waals surface area contributed by atoms with Gasteiger partial charge in [-0.1, -0.05) is 0 Å². The zero-order valence-corrected chi connectivity index (χ0v) is 8.51. The van der Waals surface area contributed by atoms with E-state index in [1.165, 1.54) is 14.2 Å². The molecule has 0 N–H and O–H groups in total. The summed E-state index contributed by atoms with van der Waals surface area (Å²) in [4.78, 5) is 0. The first-order valence-electron chi connectivity index (χ1n) is 3.59. The summed E-state index contributed by atoms with van der Waals surface area (Å²) < 4.78 is 45.2. The van der Waals surface area contributed by atoms with Crippen LogP contribution < -0.4 is 0 Å². The van der Waals surface area contributed by atoms with Crippen molar-refractivity contribution in [3.05, 3.63) is 0 Å². The Kier molecular flexibility index (Phi) is 6.40. The van der Waals surface area contributed by atoms with Gasteiger partial charge in [0, 0.05) is 14.2 Å². The van der Waals surface area contributed by atoms with E-state index >= 15 is 0 Å². The van der Waals surface area contributed by atoms with E-state index in [1.807, 2.05) is 0 Å². The highest BCUT2D eigenvalue weighted by Gasteiger charge is 2.20. The lowest BCUT2D eigenvalue weighted by atomic mass is 10.5. The molecule has 74 valence electrons. The van der Waals surface area contributed by atoms with Crippen LogP contribution in [0.1, 0.15) is 0 Å². The standard InChI is InChI=1S/C6H13F3O2Si/c1-10-6(11-2)12-3-4(7)5(8)9/h4-6H,3,12H2,1-2H3. The maximum absolute atomic E-state index is 12.3. The molecule has 6 heteroatoms. The molecule has 0 saturated carbocycles. The number of halogens is 3. The lowest BCUT2D eigenvalue weighted by Gasteiger charge is -2.13. The Morgan fingerprint density at radius 1 is 1.17 bits per heavy atom. The fourth-order valence-corrected chi connectivity index (χ4v) is 2.07. The monoisotopic (exact) mass is 202 g/mol. The van der Waals surface area contributed by atoms with Crippen molar-refractivity contribution in [2.24, 2.45) is 0 Å². The molecule has 0 bridgehead atoms. The molecule has 1 unspecified atom stereocenters. The summed E-state index contributed by atoms with van der Waals surface area (Å²) >= 11 is 0. The van der Waals surface area contributed by atoms with Gasteiger partial charge in [-0.3, -0.25) is 0 Å². The Morgan fingerprint density at radius 3 is 2.00 bits per heavy atom. The Bertz CT molecular complexity index is 109. The Morgan fingerprint density at radius 2 is 1.67 bits per heavy atom. The van der Waals surface area contributed by atoms with Crippen molar-refractivity contribution in [3.63, 3.8) is 0 Å². The van der Waals surface area contributed by atoms with Crippen molar-refractivity contribution in [3.8, 4) is 0 Å². The normalized spacial score (nSPS) is 15.2. The minimum Gasteiger partial charge on any atom is -0.360 e. The van der Waals surface area contributed by atoms with Gasteiger partial charge in [0.2, 0.25) is 0 Å². The third kappa shape index (κ3) is 4.73. The molecule has 12 heavy (non-hydrogen) atoms. The summed E-state index contributed by atoms with van der Waals surface area (Å²) in [6, 6.07) is -0.107. The van der Waals surface area contributed by atoms with Crippen molar-refractivity contribution >= 4 is 9.52 Å². The molecule has 0 aliphatic rings. The molecular weight excluding hydrogens is 189 g/mol. The minimum absolute atomic E-state index is 0.107. The summed E-state index contributed by atoms with van der Waals surface area (Å²) in [5.74, 6) is -0.456. The number of methoxy groups -OCH3 is 2. The molecular formula is C6H13F3O2Si. The highest BCUT2D eigenvalue weighted by Crippen LogP contribution is 2.10. The summed E-state index contributed by atoms with van der Waals surface area (Å²) in [5, 5.41) is 0. The second-order valence-electron chi connectivity index (χ2n) is 2.33. The molecule has 0 rings (SSSR count). The molecule has 0 fully saturated rings. The fourth-order valence-electron chi connectivity index (χ4n) is 0.753. The van der Waals surface area contributed by atoms with Gasteiger partial charge in [-0.15, -0.1) is 0 Å². The van der Waals surface area contributed by atoms with Crippen LogP contribution in [0.2, 0.25) is 6.04 Å². The van der Waals surface area contributed by atoms with E-state index in [2.05, 4.69) is 0 Å². The van der Waals surface area contributed by atoms with Crippen LogP contribution in [-0.4, -0.2) is 42.2 Å². The summed E-state index contributed by atoms with van der Waals surface area (Å²) in [5.41, 5.74) is 0. The second kappa shape index (κ2) is 6.44. The average molecular weight is 202 g/mol. The van der Waals surface area contributed by atoms with Gasteiger partial charge < -0.3 is 9.47 Å². The molecule has 0 radical (unpaired) electrons. The van der Waals surface area contributed by atoms with Crippen LogP contribution >= 0.6 is 0 Å². The first kappa shape index (κ1) is 11.9. The molecule has 0 aliphatic heterocycles.